The van der Waals surface area contributed by atoms with E-state index in [9.17, 15) is 15.1 Å². The third kappa shape index (κ3) is 1.26. The molecule has 5 nitrogen and oxygen atoms in total. The lowest BCUT2D eigenvalue weighted by Gasteiger charge is -2.12. The van der Waals surface area contributed by atoms with Crippen molar-refractivity contribution in [2.24, 2.45) is 5.18 Å². The fraction of sp³-hybridized carbons (Fsp3) is 0.333. The molecular weight excluding hydrogens is 186 g/mol. The predicted octanol–water partition coefficient (Wildman–Crippen LogP) is 2.12. The SMILES string of the molecule is COc1c(C)c(O)c(C)c(O)c1N=O. The van der Waals surface area contributed by atoms with E-state index in [0.29, 0.717) is 5.56 Å². The molecule has 0 saturated carbocycles. The Morgan fingerprint density at radius 2 is 1.71 bits per heavy atom. The van der Waals surface area contributed by atoms with E-state index < -0.39 is 0 Å². The topological polar surface area (TPSA) is 79.1 Å². The van der Waals surface area contributed by atoms with E-state index >= 15 is 0 Å². The number of benzene rings is 1. The van der Waals surface area contributed by atoms with Crippen molar-refractivity contribution >= 4 is 5.69 Å². The van der Waals surface area contributed by atoms with Gasteiger partial charge in [0.2, 0.25) is 0 Å². The molecule has 76 valence electrons. The molecule has 2 N–H and O–H groups in total. The number of nitrogens with zero attached hydrogens (tertiary/aromatic N) is 1. The van der Waals surface area contributed by atoms with Crippen LogP contribution in [0.1, 0.15) is 11.1 Å². The first-order valence-electron chi connectivity index (χ1n) is 3.97. The maximum absolute atomic E-state index is 10.5. The van der Waals surface area contributed by atoms with E-state index in [1.807, 2.05) is 0 Å². The summed E-state index contributed by atoms with van der Waals surface area (Å²) < 4.78 is 4.87. The van der Waals surface area contributed by atoms with Crippen LogP contribution in [0.5, 0.6) is 17.2 Å². The van der Waals surface area contributed by atoms with Crippen molar-refractivity contribution in [3.63, 3.8) is 0 Å². The number of rotatable bonds is 2. The first-order chi connectivity index (χ1) is 6.54. The normalized spacial score (nSPS) is 9.93. The average Bonchev–Trinajstić information content (AvgIpc) is 2.20. The fourth-order valence-electron chi connectivity index (χ4n) is 1.30. The van der Waals surface area contributed by atoms with E-state index in [-0.39, 0.29) is 28.5 Å². The summed E-state index contributed by atoms with van der Waals surface area (Å²) in [4.78, 5) is 10.5. The highest BCUT2D eigenvalue weighted by atomic mass is 16.5. The number of ether oxygens (including phenoxy) is 1. The second-order valence-electron chi connectivity index (χ2n) is 2.92. The predicted molar refractivity (Wildman–Crippen MR) is 51.3 cm³/mol. The maximum Gasteiger partial charge on any atom is 0.192 e. The van der Waals surface area contributed by atoms with Crippen LogP contribution in [0.3, 0.4) is 0 Å². The van der Waals surface area contributed by atoms with Crippen LogP contribution in [-0.4, -0.2) is 17.3 Å². The molecular formula is C9H11NO4. The Balaban J connectivity index is 3.65. The van der Waals surface area contributed by atoms with E-state index in [1.54, 1.807) is 6.92 Å². The molecule has 0 bridgehead atoms. The zero-order valence-electron chi connectivity index (χ0n) is 8.16. The van der Waals surface area contributed by atoms with Gasteiger partial charge in [0.25, 0.3) is 0 Å². The summed E-state index contributed by atoms with van der Waals surface area (Å²) in [5.41, 5.74) is 0.426. The minimum Gasteiger partial charge on any atom is -0.507 e. The number of phenols is 2. The lowest BCUT2D eigenvalue weighted by molar-refractivity contribution is 0.393. The van der Waals surface area contributed by atoms with Gasteiger partial charge in [-0.2, -0.15) is 0 Å². The van der Waals surface area contributed by atoms with Crippen LogP contribution in [-0.2, 0) is 0 Å². The molecule has 0 aliphatic carbocycles. The zero-order chi connectivity index (χ0) is 10.9. The summed E-state index contributed by atoms with van der Waals surface area (Å²) in [6, 6.07) is 0. The molecule has 5 heteroatoms. The Hall–Kier alpha value is -1.78. The van der Waals surface area contributed by atoms with Gasteiger partial charge in [-0.15, -0.1) is 4.91 Å². The summed E-state index contributed by atoms with van der Waals surface area (Å²) in [6.45, 7) is 3.07. The van der Waals surface area contributed by atoms with Crippen molar-refractivity contribution in [1.82, 2.24) is 0 Å². The fourth-order valence-corrected chi connectivity index (χ4v) is 1.30. The highest BCUT2D eigenvalue weighted by Crippen LogP contribution is 2.46. The number of hydrogen-bond acceptors (Lipinski definition) is 5. The van der Waals surface area contributed by atoms with Crippen molar-refractivity contribution < 1.29 is 14.9 Å². The number of aromatic hydroxyl groups is 2. The lowest BCUT2D eigenvalue weighted by Crippen LogP contribution is -1.91. The van der Waals surface area contributed by atoms with Crippen LogP contribution in [0.4, 0.5) is 5.69 Å². The summed E-state index contributed by atoms with van der Waals surface area (Å²) >= 11 is 0. The zero-order valence-corrected chi connectivity index (χ0v) is 8.16. The van der Waals surface area contributed by atoms with Crippen molar-refractivity contribution in [2.45, 2.75) is 13.8 Å². The summed E-state index contributed by atoms with van der Waals surface area (Å²) in [5.74, 6) is -0.340. The van der Waals surface area contributed by atoms with Crippen LogP contribution in [0, 0.1) is 18.8 Å². The average molecular weight is 197 g/mol. The third-order valence-corrected chi connectivity index (χ3v) is 2.14. The number of methoxy groups -OCH3 is 1. The molecule has 1 aromatic rings. The van der Waals surface area contributed by atoms with Gasteiger partial charge in [-0.1, -0.05) is 0 Å². The summed E-state index contributed by atoms with van der Waals surface area (Å²) in [6.07, 6.45) is 0. The number of phenolic OH excluding ortho intramolecular Hbond substituents is 2. The smallest absolute Gasteiger partial charge is 0.192 e. The minimum absolute atomic E-state index is 0.0910. The summed E-state index contributed by atoms with van der Waals surface area (Å²) in [7, 11) is 1.34. The van der Waals surface area contributed by atoms with Crippen LogP contribution in [0.15, 0.2) is 5.18 Å². The van der Waals surface area contributed by atoms with Crippen LogP contribution in [0.25, 0.3) is 0 Å². The van der Waals surface area contributed by atoms with Crippen molar-refractivity contribution in [1.29, 1.82) is 0 Å². The molecule has 0 atom stereocenters. The van der Waals surface area contributed by atoms with Crippen molar-refractivity contribution in [3.8, 4) is 17.2 Å². The Labute approximate surface area is 80.9 Å². The van der Waals surface area contributed by atoms with Crippen LogP contribution >= 0.6 is 0 Å². The van der Waals surface area contributed by atoms with Gasteiger partial charge in [-0.05, 0) is 19.0 Å². The van der Waals surface area contributed by atoms with Gasteiger partial charge in [0.1, 0.15) is 5.75 Å². The van der Waals surface area contributed by atoms with Gasteiger partial charge >= 0.3 is 0 Å². The van der Waals surface area contributed by atoms with Gasteiger partial charge in [0.05, 0.1) is 7.11 Å². The molecule has 0 heterocycles. The molecule has 1 rings (SSSR count). The van der Waals surface area contributed by atoms with E-state index in [0.717, 1.165) is 0 Å². The van der Waals surface area contributed by atoms with Gasteiger partial charge < -0.3 is 14.9 Å². The highest BCUT2D eigenvalue weighted by molar-refractivity contribution is 5.71. The maximum atomic E-state index is 10.5. The van der Waals surface area contributed by atoms with E-state index in [1.165, 1.54) is 14.0 Å². The van der Waals surface area contributed by atoms with Gasteiger partial charge in [-0.25, -0.2) is 0 Å². The molecule has 0 fully saturated rings. The van der Waals surface area contributed by atoms with Crippen molar-refractivity contribution in [2.75, 3.05) is 7.11 Å². The second-order valence-corrected chi connectivity index (χ2v) is 2.92. The number of hydrogen-bond donors (Lipinski definition) is 2. The van der Waals surface area contributed by atoms with E-state index in [2.05, 4.69) is 5.18 Å². The van der Waals surface area contributed by atoms with Crippen LogP contribution in [0.2, 0.25) is 0 Å². The molecule has 0 radical (unpaired) electrons. The molecule has 0 amide bonds. The Morgan fingerprint density at radius 3 is 2.14 bits per heavy atom. The molecule has 1 aromatic carbocycles. The first-order valence-corrected chi connectivity index (χ1v) is 3.97. The molecule has 0 unspecified atom stereocenters. The molecule has 0 aromatic heterocycles. The van der Waals surface area contributed by atoms with Crippen LogP contribution < -0.4 is 4.74 Å². The molecule has 0 aliphatic rings. The monoisotopic (exact) mass is 197 g/mol. The van der Waals surface area contributed by atoms with E-state index in [4.69, 9.17) is 4.74 Å². The van der Waals surface area contributed by atoms with Crippen molar-refractivity contribution in [3.05, 3.63) is 16.0 Å². The Bertz CT molecular complexity index is 387. The van der Waals surface area contributed by atoms with Gasteiger partial charge in [-0.3, -0.25) is 0 Å². The molecule has 0 aliphatic heterocycles. The lowest BCUT2D eigenvalue weighted by atomic mass is 10.1. The Kier molecular flexibility index (Phi) is 2.60. The standard InChI is InChI=1S/C9H11NO4/c1-4-7(11)5(2)9(14-3)6(10-13)8(4)12/h11-12H,1-3H3. The molecule has 0 saturated heterocycles. The molecule has 0 spiro atoms. The quantitative estimate of drug-likeness (QED) is 0.711. The first kappa shape index (κ1) is 10.3. The summed E-state index contributed by atoms with van der Waals surface area (Å²) in [5, 5.41) is 21.7. The highest BCUT2D eigenvalue weighted by Gasteiger charge is 2.20. The molecule has 14 heavy (non-hydrogen) atoms. The minimum atomic E-state index is -0.347. The Morgan fingerprint density at radius 1 is 1.14 bits per heavy atom. The third-order valence-electron chi connectivity index (χ3n) is 2.14. The largest absolute Gasteiger partial charge is 0.507 e. The number of nitroso groups, excluding NO2 is 1. The second kappa shape index (κ2) is 3.53. The van der Waals surface area contributed by atoms with Gasteiger partial charge in [0, 0.05) is 11.1 Å². The van der Waals surface area contributed by atoms with Gasteiger partial charge in [0.15, 0.2) is 17.2 Å².